The van der Waals surface area contributed by atoms with E-state index in [2.05, 4.69) is 9.72 Å². The van der Waals surface area contributed by atoms with Gasteiger partial charge in [-0.3, -0.25) is 9.36 Å². The zero-order chi connectivity index (χ0) is 16.4. The monoisotopic (exact) mass is 326 g/mol. The molecule has 0 amide bonds. The summed E-state index contributed by atoms with van der Waals surface area (Å²) in [6.07, 6.45) is 0. The van der Waals surface area contributed by atoms with Crippen molar-refractivity contribution in [3.05, 3.63) is 74.8 Å². The van der Waals surface area contributed by atoms with E-state index in [1.165, 1.54) is 11.7 Å². The lowest BCUT2D eigenvalue weighted by Gasteiger charge is -2.09. The Morgan fingerprint density at radius 2 is 1.96 bits per heavy atom. The topological polar surface area (TPSA) is 64.1 Å². The van der Waals surface area contributed by atoms with Crippen LogP contribution >= 0.6 is 12.2 Å². The van der Waals surface area contributed by atoms with Crippen LogP contribution < -0.4 is 5.56 Å². The Morgan fingerprint density at radius 1 is 1.22 bits per heavy atom. The van der Waals surface area contributed by atoms with Crippen LogP contribution in [0.4, 0.5) is 0 Å². The molecule has 1 heterocycles. The molecule has 0 radical (unpaired) electrons. The van der Waals surface area contributed by atoms with Crippen molar-refractivity contribution in [1.82, 2.24) is 9.55 Å². The van der Waals surface area contributed by atoms with Crippen molar-refractivity contribution in [3.8, 4) is 0 Å². The maximum absolute atomic E-state index is 12.7. The first-order valence-electron chi connectivity index (χ1n) is 6.99. The average Bonchev–Trinajstić information content (AvgIpc) is 2.58. The second kappa shape index (κ2) is 6.18. The van der Waals surface area contributed by atoms with Gasteiger partial charge in [0.2, 0.25) is 0 Å². The molecule has 2 aromatic carbocycles. The van der Waals surface area contributed by atoms with Crippen LogP contribution in [0.15, 0.2) is 53.3 Å². The minimum absolute atomic E-state index is 0.191. The zero-order valence-corrected chi connectivity index (χ0v) is 13.2. The highest BCUT2D eigenvalue weighted by atomic mass is 32.1. The molecule has 0 fully saturated rings. The first-order chi connectivity index (χ1) is 11.1. The van der Waals surface area contributed by atoms with Crippen LogP contribution in [0, 0.1) is 4.77 Å². The summed E-state index contributed by atoms with van der Waals surface area (Å²) in [7, 11) is 1.31. The Hall–Kier alpha value is -2.73. The number of aromatic amines is 1. The van der Waals surface area contributed by atoms with Crippen molar-refractivity contribution < 1.29 is 9.53 Å². The van der Waals surface area contributed by atoms with Crippen molar-refractivity contribution in [2.75, 3.05) is 7.11 Å². The fourth-order valence-electron chi connectivity index (χ4n) is 2.41. The van der Waals surface area contributed by atoms with Gasteiger partial charge in [0.25, 0.3) is 5.56 Å². The Labute approximate surface area is 137 Å². The summed E-state index contributed by atoms with van der Waals surface area (Å²) in [4.78, 5) is 27.3. The van der Waals surface area contributed by atoms with E-state index < -0.39 is 5.97 Å². The standard InChI is InChI=1S/C17H14N2O3S/c1-22-16(21)12-7-8-13-14(9-12)18-17(23)19(15(13)20)10-11-5-3-2-4-6-11/h2-9H,10H2,1H3,(H,18,23). The van der Waals surface area contributed by atoms with Gasteiger partial charge in [-0.15, -0.1) is 0 Å². The predicted octanol–water partition coefficient (Wildman–Crippen LogP) is 2.89. The van der Waals surface area contributed by atoms with Crippen LogP contribution in [0.25, 0.3) is 10.9 Å². The number of H-pyrrole nitrogens is 1. The van der Waals surface area contributed by atoms with E-state index in [1.807, 2.05) is 30.3 Å². The SMILES string of the molecule is COC(=O)c1ccc2c(=O)n(Cc3ccccc3)c(=S)[nH]c2c1. The normalized spacial score (nSPS) is 10.7. The highest BCUT2D eigenvalue weighted by Gasteiger charge is 2.10. The number of aromatic nitrogens is 2. The Kier molecular flexibility index (Phi) is 4.08. The number of fused-ring (bicyclic) bond motifs is 1. The van der Waals surface area contributed by atoms with Gasteiger partial charge in [-0.2, -0.15) is 0 Å². The van der Waals surface area contributed by atoms with Crippen molar-refractivity contribution in [2.24, 2.45) is 0 Å². The molecule has 3 aromatic rings. The lowest BCUT2D eigenvalue weighted by Crippen LogP contribution is -2.23. The van der Waals surface area contributed by atoms with Gasteiger partial charge < -0.3 is 9.72 Å². The number of carbonyl (C=O) groups excluding carboxylic acids is 1. The van der Waals surface area contributed by atoms with Crippen molar-refractivity contribution in [3.63, 3.8) is 0 Å². The molecule has 0 saturated carbocycles. The zero-order valence-electron chi connectivity index (χ0n) is 12.4. The van der Waals surface area contributed by atoms with E-state index in [-0.39, 0.29) is 5.56 Å². The number of hydrogen-bond donors (Lipinski definition) is 1. The van der Waals surface area contributed by atoms with Gasteiger partial charge in [0.15, 0.2) is 4.77 Å². The number of methoxy groups -OCH3 is 1. The quantitative estimate of drug-likeness (QED) is 0.594. The average molecular weight is 326 g/mol. The molecule has 116 valence electrons. The molecular weight excluding hydrogens is 312 g/mol. The van der Waals surface area contributed by atoms with Crippen molar-refractivity contribution in [1.29, 1.82) is 0 Å². The second-order valence-corrected chi connectivity index (χ2v) is 5.45. The van der Waals surface area contributed by atoms with Gasteiger partial charge in [0, 0.05) is 0 Å². The lowest BCUT2D eigenvalue weighted by atomic mass is 10.1. The first kappa shape index (κ1) is 15.2. The number of ether oxygens (including phenoxy) is 1. The summed E-state index contributed by atoms with van der Waals surface area (Å²) in [6.45, 7) is 0.393. The minimum atomic E-state index is -0.459. The molecule has 0 bridgehead atoms. The smallest absolute Gasteiger partial charge is 0.337 e. The molecule has 0 aliphatic carbocycles. The molecule has 1 aromatic heterocycles. The predicted molar refractivity (Wildman–Crippen MR) is 90.3 cm³/mol. The van der Waals surface area contributed by atoms with Gasteiger partial charge in [-0.1, -0.05) is 30.3 Å². The summed E-state index contributed by atoms with van der Waals surface area (Å²) in [5.74, 6) is -0.459. The number of esters is 1. The molecule has 23 heavy (non-hydrogen) atoms. The molecule has 5 nitrogen and oxygen atoms in total. The van der Waals surface area contributed by atoms with E-state index >= 15 is 0 Å². The van der Waals surface area contributed by atoms with Gasteiger partial charge in [0.1, 0.15) is 0 Å². The van der Waals surface area contributed by atoms with Crippen LogP contribution in [0.2, 0.25) is 0 Å². The summed E-state index contributed by atoms with van der Waals surface area (Å²) in [5, 5.41) is 0.474. The molecular formula is C17H14N2O3S. The Bertz CT molecular complexity index is 990. The van der Waals surface area contributed by atoms with E-state index in [4.69, 9.17) is 12.2 Å². The van der Waals surface area contributed by atoms with Crippen LogP contribution in [-0.4, -0.2) is 22.6 Å². The van der Waals surface area contributed by atoms with E-state index in [1.54, 1.807) is 18.2 Å². The molecule has 0 aliphatic rings. The van der Waals surface area contributed by atoms with E-state index in [9.17, 15) is 9.59 Å². The van der Waals surface area contributed by atoms with Gasteiger partial charge in [0.05, 0.1) is 30.1 Å². The fourth-order valence-corrected chi connectivity index (χ4v) is 2.67. The third kappa shape index (κ3) is 2.93. The Morgan fingerprint density at radius 3 is 2.65 bits per heavy atom. The highest BCUT2D eigenvalue weighted by molar-refractivity contribution is 7.71. The highest BCUT2D eigenvalue weighted by Crippen LogP contribution is 2.12. The maximum Gasteiger partial charge on any atom is 0.337 e. The number of hydrogen-bond acceptors (Lipinski definition) is 4. The molecule has 0 aliphatic heterocycles. The van der Waals surface area contributed by atoms with Crippen LogP contribution in [0.5, 0.6) is 0 Å². The van der Waals surface area contributed by atoms with Crippen LogP contribution in [0.3, 0.4) is 0 Å². The van der Waals surface area contributed by atoms with Crippen LogP contribution in [-0.2, 0) is 11.3 Å². The third-order valence-electron chi connectivity index (χ3n) is 3.59. The lowest BCUT2D eigenvalue weighted by molar-refractivity contribution is 0.0601. The summed E-state index contributed by atoms with van der Waals surface area (Å²) < 4.78 is 6.50. The number of rotatable bonds is 3. The molecule has 0 unspecified atom stereocenters. The summed E-state index contributed by atoms with van der Waals surface area (Å²) in [5.41, 5.74) is 1.68. The van der Waals surface area contributed by atoms with Crippen molar-refractivity contribution in [2.45, 2.75) is 6.54 Å². The largest absolute Gasteiger partial charge is 0.465 e. The van der Waals surface area contributed by atoms with Gasteiger partial charge in [-0.25, -0.2) is 4.79 Å². The second-order valence-electron chi connectivity index (χ2n) is 5.06. The molecule has 0 atom stereocenters. The number of benzene rings is 2. The number of nitrogens with one attached hydrogen (secondary N) is 1. The molecule has 0 spiro atoms. The fraction of sp³-hybridized carbons (Fsp3) is 0.118. The van der Waals surface area contributed by atoms with E-state index in [0.717, 1.165) is 5.56 Å². The maximum atomic E-state index is 12.7. The molecule has 1 N–H and O–H groups in total. The molecule has 0 saturated heterocycles. The van der Waals surface area contributed by atoms with Gasteiger partial charge >= 0.3 is 5.97 Å². The van der Waals surface area contributed by atoms with Gasteiger partial charge in [-0.05, 0) is 36.0 Å². The summed E-state index contributed by atoms with van der Waals surface area (Å²) >= 11 is 5.29. The van der Waals surface area contributed by atoms with Crippen LogP contribution in [0.1, 0.15) is 15.9 Å². The first-order valence-corrected chi connectivity index (χ1v) is 7.40. The molecule has 6 heteroatoms. The van der Waals surface area contributed by atoms with E-state index in [0.29, 0.717) is 27.8 Å². The third-order valence-corrected chi connectivity index (χ3v) is 3.91. The van der Waals surface area contributed by atoms with Crippen molar-refractivity contribution >= 4 is 29.1 Å². The molecule has 3 rings (SSSR count). The Balaban J connectivity index is 2.13. The number of nitrogens with zero attached hydrogens (tertiary/aromatic N) is 1. The summed E-state index contributed by atoms with van der Waals surface area (Å²) in [6, 6.07) is 14.4. The minimum Gasteiger partial charge on any atom is -0.465 e. The number of carbonyl (C=O) groups is 1.